The maximum Gasteiger partial charge on any atom is 0.254 e. The summed E-state index contributed by atoms with van der Waals surface area (Å²) in [6, 6.07) is 4.62. The van der Waals surface area contributed by atoms with Crippen molar-refractivity contribution in [2.24, 2.45) is 5.92 Å². The first-order valence-electron chi connectivity index (χ1n) is 7.62. The zero-order valence-electron chi connectivity index (χ0n) is 12.3. The summed E-state index contributed by atoms with van der Waals surface area (Å²) in [5, 5.41) is 0. The summed E-state index contributed by atoms with van der Waals surface area (Å²) >= 11 is 0. The van der Waals surface area contributed by atoms with E-state index in [9.17, 15) is 4.79 Å². The van der Waals surface area contributed by atoms with Crippen LogP contribution in [0.4, 0.5) is 0 Å². The van der Waals surface area contributed by atoms with Gasteiger partial charge in [-0.15, -0.1) is 0 Å². The van der Waals surface area contributed by atoms with Crippen molar-refractivity contribution in [2.75, 3.05) is 19.6 Å². The van der Waals surface area contributed by atoms with Crippen LogP contribution in [0.5, 0.6) is 0 Å². The summed E-state index contributed by atoms with van der Waals surface area (Å²) in [7, 11) is 0. The van der Waals surface area contributed by atoms with Crippen LogP contribution in [0.15, 0.2) is 24.5 Å². The number of nitrogens with zero attached hydrogens (tertiary/aromatic N) is 3. The van der Waals surface area contributed by atoms with Gasteiger partial charge < -0.3 is 4.90 Å². The summed E-state index contributed by atoms with van der Waals surface area (Å²) < 4.78 is 0. The van der Waals surface area contributed by atoms with Gasteiger partial charge in [-0.3, -0.25) is 14.7 Å². The molecular formula is C16H23N3O. The Morgan fingerprint density at radius 1 is 1.25 bits per heavy atom. The lowest BCUT2D eigenvalue weighted by Gasteiger charge is -2.26. The molecule has 108 valence electrons. The highest BCUT2D eigenvalue weighted by Crippen LogP contribution is 2.32. The van der Waals surface area contributed by atoms with E-state index in [2.05, 4.69) is 28.6 Å². The van der Waals surface area contributed by atoms with Crippen LogP contribution in [0.25, 0.3) is 0 Å². The smallest absolute Gasteiger partial charge is 0.254 e. The molecule has 0 unspecified atom stereocenters. The van der Waals surface area contributed by atoms with Crippen molar-refractivity contribution in [2.45, 2.75) is 38.8 Å². The highest BCUT2D eigenvalue weighted by Gasteiger charge is 2.44. The fourth-order valence-electron chi connectivity index (χ4n) is 3.68. The second-order valence-corrected chi connectivity index (χ2v) is 6.34. The summed E-state index contributed by atoms with van der Waals surface area (Å²) in [5.74, 6) is 0.866. The average molecular weight is 273 g/mol. The fourth-order valence-corrected chi connectivity index (χ4v) is 3.68. The van der Waals surface area contributed by atoms with E-state index >= 15 is 0 Å². The van der Waals surface area contributed by atoms with Gasteiger partial charge in [0.25, 0.3) is 5.91 Å². The summed E-state index contributed by atoms with van der Waals surface area (Å²) in [4.78, 5) is 21.2. The molecule has 3 heterocycles. The number of hydrogen-bond acceptors (Lipinski definition) is 3. The monoisotopic (exact) mass is 273 g/mol. The average Bonchev–Trinajstić information content (AvgIpc) is 3.02. The van der Waals surface area contributed by atoms with Gasteiger partial charge in [0.05, 0.1) is 0 Å². The van der Waals surface area contributed by atoms with E-state index in [0.29, 0.717) is 18.0 Å². The van der Waals surface area contributed by atoms with Gasteiger partial charge in [0.2, 0.25) is 0 Å². The van der Waals surface area contributed by atoms with Crippen molar-refractivity contribution in [1.29, 1.82) is 0 Å². The van der Waals surface area contributed by atoms with Crippen LogP contribution >= 0.6 is 0 Å². The molecule has 0 bridgehead atoms. The number of carbonyl (C=O) groups excluding carboxylic acids is 1. The highest BCUT2D eigenvalue weighted by molar-refractivity contribution is 5.94. The molecule has 20 heavy (non-hydrogen) atoms. The van der Waals surface area contributed by atoms with E-state index in [4.69, 9.17) is 0 Å². The summed E-state index contributed by atoms with van der Waals surface area (Å²) in [5.41, 5.74) is 0.767. The van der Waals surface area contributed by atoms with Crippen LogP contribution < -0.4 is 0 Å². The van der Waals surface area contributed by atoms with Gasteiger partial charge in [0.1, 0.15) is 0 Å². The van der Waals surface area contributed by atoms with Crippen LogP contribution in [0.2, 0.25) is 0 Å². The molecule has 2 aliphatic heterocycles. The Bertz CT molecular complexity index is 474. The number of hydrogen-bond donors (Lipinski definition) is 0. The normalized spacial score (nSPS) is 26.2. The quantitative estimate of drug-likeness (QED) is 0.845. The minimum Gasteiger partial charge on any atom is -0.334 e. The van der Waals surface area contributed by atoms with E-state index in [-0.39, 0.29) is 5.91 Å². The SMILES string of the molecule is CC(C)CN1CC[C@@H]2[C@@H]1CCN2C(=O)c1ccncc1. The lowest BCUT2D eigenvalue weighted by molar-refractivity contribution is 0.0731. The van der Waals surface area contributed by atoms with Gasteiger partial charge in [-0.2, -0.15) is 0 Å². The van der Waals surface area contributed by atoms with Gasteiger partial charge in [0, 0.05) is 49.7 Å². The zero-order chi connectivity index (χ0) is 14.1. The van der Waals surface area contributed by atoms with Gasteiger partial charge in [0.15, 0.2) is 0 Å². The number of carbonyl (C=O) groups is 1. The molecule has 0 saturated carbocycles. The van der Waals surface area contributed by atoms with Crippen LogP contribution in [-0.4, -0.2) is 52.4 Å². The van der Waals surface area contributed by atoms with Crippen molar-refractivity contribution < 1.29 is 4.79 Å². The number of rotatable bonds is 3. The van der Waals surface area contributed by atoms with Crippen LogP contribution in [-0.2, 0) is 0 Å². The third-order valence-corrected chi connectivity index (χ3v) is 4.48. The van der Waals surface area contributed by atoms with Crippen LogP contribution in [0, 0.1) is 5.92 Å². The number of aromatic nitrogens is 1. The third-order valence-electron chi connectivity index (χ3n) is 4.48. The van der Waals surface area contributed by atoms with Crippen molar-refractivity contribution in [3.8, 4) is 0 Å². The number of likely N-dealkylation sites (tertiary alicyclic amines) is 2. The Morgan fingerprint density at radius 2 is 1.95 bits per heavy atom. The molecule has 1 aromatic rings. The number of amides is 1. The molecule has 0 spiro atoms. The number of fused-ring (bicyclic) bond motifs is 1. The Hall–Kier alpha value is -1.42. The molecule has 0 radical (unpaired) electrons. The molecule has 0 aliphatic carbocycles. The second-order valence-electron chi connectivity index (χ2n) is 6.34. The first-order valence-corrected chi connectivity index (χ1v) is 7.62. The predicted molar refractivity (Wildman–Crippen MR) is 78.5 cm³/mol. The lowest BCUT2D eigenvalue weighted by Crippen LogP contribution is -2.40. The molecule has 3 rings (SSSR count). The highest BCUT2D eigenvalue weighted by atomic mass is 16.2. The largest absolute Gasteiger partial charge is 0.334 e. The molecule has 2 aliphatic rings. The molecule has 2 saturated heterocycles. The van der Waals surface area contributed by atoms with E-state index < -0.39 is 0 Å². The summed E-state index contributed by atoms with van der Waals surface area (Å²) in [6.07, 6.45) is 5.63. The molecular weight excluding hydrogens is 250 g/mol. The first-order chi connectivity index (χ1) is 9.66. The van der Waals surface area contributed by atoms with E-state index in [1.165, 1.54) is 0 Å². The second kappa shape index (κ2) is 5.52. The molecule has 4 nitrogen and oxygen atoms in total. The van der Waals surface area contributed by atoms with Gasteiger partial charge in [-0.25, -0.2) is 0 Å². The molecule has 1 amide bonds. The standard InChI is InChI=1S/C16H23N3O/c1-12(2)11-18-9-5-15-14(18)6-10-19(15)16(20)13-3-7-17-8-4-13/h3-4,7-8,12,14-15H,5-6,9-11H2,1-2H3/t14-,15+/m0/s1. The molecule has 1 aromatic heterocycles. The van der Waals surface area contributed by atoms with E-state index in [0.717, 1.165) is 38.0 Å². The predicted octanol–water partition coefficient (Wildman–Crippen LogP) is 2.03. The van der Waals surface area contributed by atoms with Gasteiger partial charge >= 0.3 is 0 Å². The lowest BCUT2D eigenvalue weighted by atomic mass is 10.1. The zero-order valence-corrected chi connectivity index (χ0v) is 12.3. The van der Waals surface area contributed by atoms with Gasteiger partial charge in [-0.1, -0.05) is 13.8 Å². The Labute approximate surface area is 120 Å². The topological polar surface area (TPSA) is 36.4 Å². The molecule has 4 heteroatoms. The Balaban J connectivity index is 1.71. The third kappa shape index (κ3) is 2.44. The minimum atomic E-state index is 0.172. The molecule has 2 fully saturated rings. The number of pyridine rings is 1. The minimum absolute atomic E-state index is 0.172. The van der Waals surface area contributed by atoms with Crippen molar-refractivity contribution in [3.63, 3.8) is 0 Å². The maximum absolute atomic E-state index is 12.6. The van der Waals surface area contributed by atoms with Crippen molar-refractivity contribution in [3.05, 3.63) is 30.1 Å². The first kappa shape index (κ1) is 13.6. The van der Waals surface area contributed by atoms with E-state index in [1.54, 1.807) is 12.4 Å². The van der Waals surface area contributed by atoms with E-state index in [1.807, 2.05) is 12.1 Å². The van der Waals surface area contributed by atoms with Gasteiger partial charge in [-0.05, 0) is 30.9 Å². The molecule has 0 N–H and O–H groups in total. The molecule has 2 atom stereocenters. The Morgan fingerprint density at radius 3 is 2.65 bits per heavy atom. The van der Waals surface area contributed by atoms with Crippen LogP contribution in [0.1, 0.15) is 37.0 Å². The summed E-state index contributed by atoms with van der Waals surface area (Å²) in [6.45, 7) is 7.71. The molecule has 0 aromatic carbocycles. The maximum atomic E-state index is 12.6. The Kier molecular flexibility index (Phi) is 3.74. The van der Waals surface area contributed by atoms with Crippen molar-refractivity contribution in [1.82, 2.24) is 14.8 Å². The van der Waals surface area contributed by atoms with Crippen LogP contribution in [0.3, 0.4) is 0 Å². The van der Waals surface area contributed by atoms with Crippen molar-refractivity contribution >= 4 is 5.91 Å². The fraction of sp³-hybridized carbons (Fsp3) is 0.625.